The lowest BCUT2D eigenvalue weighted by Crippen LogP contribution is -1.97. The van der Waals surface area contributed by atoms with Gasteiger partial charge in [-0.15, -0.1) is 0 Å². The van der Waals surface area contributed by atoms with Crippen LogP contribution >= 0.6 is 0 Å². The Morgan fingerprint density at radius 1 is 1.20 bits per heavy atom. The molecule has 0 amide bonds. The quantitative estimate of drug-likeness (QED) is 0.712. The topological polar surface area (TPSA) is 27.1 Å². The largest absolute Gasteiger partial charge is 0.504 e. The van der Waals surface area contributed by atoms with Crippen LogP contribution in [0.5, 0.6) is 0 Å². The summed E-state index contributed by atoms with van der Waals surface area (Å²) in [6, 6.07) is 11.9. The lowest BCUT2D eigenvalue weighted by molar-refractivity contribution is 0.341. The normalized spacial score (nSPS) is 10.7. The van der Waals surface area contributed by atoms with E-state index in [2.05, 4.69) is 5.10 Å². The number of hydrogen-bond donors (Lipinski definition) is 0. The van der Waals surface area contributed by atoms with Crippen molar-refractivity contribution in [3.63, 3.8) is 0 Å². The molecular formula is C12H12N2O. The van der Waals surface area contributed by atoms with Crippen molar-refractivity contribution in [2.24, 2.45) is 0 Å². The van der Waals surface area contributed by atoms with Gasteiger partial charge in [0.1, 0.15) is 0 Å². The second-order valence-electron chi connectivity index (χ2n) is 3.04. The van der Waals surface area contributed by atoms with Crippen LogP contribution in [0.3, 0.4) is 0 Å². The number of rotatable bonds is 3. The average molecular weight is 200 g/mol. The van der Waals surface area contributed by atoms with Crippen molar-refractivity contribution >= 4 is 6.08 Å². The molecule has 0 aliphatic heterocycles. The summed E-state index contributed by atoms with van der Waals surface area (Å²) < 4.78 is 6.74. The summed E-state index contributed by atoms with van der Waals surface area (Å²) in [5.74, 6) is 0. The van der Waals surface area contributed by atoms with E-state index in [0.29, 0.717) is 0 Å². The maximum atomic E-state index is 4.88. The zero-order valence-corrected chi connectivity index (χ0v) is 8.50. The molecule has 0 aliphatic carbocycles. The molecule has 76 valence electrons. The van der Waals surface area contributed by atoms with Gasteiger partial charge in [0.05, 0.1) is 31.0 Å². The maximum Gasteiger partial charge on any atom is 0.0846 e. The number of ether oxygens (including phenoxy) is 1. The number of aromatic nitrogens is 2. The summed E-state index contributed by atoms with van der Waals surface area (Å²) in [7, 11) is 1.62. The van der Waals surface area contributed by atoms with E-state index < -0.39 is 0 Å². The highest BCUT2D eigenvalue weighted by Crippen LogP contribution is 2.10. The molecule has 0 unspecified atom stereocenters. The molecule has 0 saturated carbocycles. The lowest BCUT2D eigenvalue weighted by atomic mass is 10.3. The molecule has 1 heterocycles. The van der Waals surface area contributed by atoms with Crippen LogP contribution in [0.25, 0.3) is 11.8 Å². The van der Waals surface area contributed by atoms with Crippen molar-refractivity contribution in [1.29, 1.82) is 0 Å². The van der Waals surface area contributed by atoms with E-state index in [4.69, 9.17) is 4.74 Å². The van der Waals surface area contributed by atoms with E-state index in [0.717, 1.165) is 11.4 Å². The molecule has 0 N–H and O–H groups in total. The molecule has 0 spiro atoms. The Labute approximate surface area is 88.6 Å². The number of hydrogen-bond acceptors (Lipinski definition) is 2. The standard InChI is InChI=1S/C12H12N2O/c1-15-10-8-12-7-9-13-14(12)11-5-3-2-4-6-11/h2-10H,1H3/b10-8+. The summed E-state index contributed by atoms with van der Waals surface area (Å²) >= 11 is 0. The number of methoxy groups -OCH3 is 1. The molecule has 0 saturated heterocycles. The Morgan fingerprint density at radius 2 is 2.00 bits per heavy atom. The molecule has 0 fully saturated rings. The second-order valence-corrected chi connectivity index (χ2v) is 3.04. The smallest absolute Gasteiger partial charge is 0.0846 e. The highest BCUT2D eigenvalue weighted by Gasteiger charge is 2.00. The van der Waals surface area contributed by atoms with Crippen LogP contribution in [-0.2, 0) is 4.74 Å². The lowest BCUT2D eigenvalue weighted by Gasteiger charge is -2.03. The third kappa shape index (κ3) is 2.07. The molecule has 3 nitrogen and oxygen atoms in total. The molecule has 15 heavy (non-hydrogen) atoms. The minimum Gasteiger partial charge on any atom is -0.504 e. The van der Waals surface area contributed by atoms with Gasteiger partial charge in [-0.3, -0.25) is 0 Å². The van der Waals surface area contributed by atoms with Crippen molar-refractivity contribution in [3.8, 4) is 5.69 Å². The SMILES string of the molecule is CO/C=C/c1ccnn1-c1ccccc1. The molecule has 0 atom stereocenters. The van der Waals surface area contributed by atoms with Crippen molar-refractivity contribution < 1.29 is 4.74 Å². The van der Waals surface area contributed by atoms with Gasteiger partial charge in [-0.1, -0.05) is 18.2 Å². The summed E-state index contributed by atoms with van der Waals surface area (Å²) in [6.45, 7) is 0. The number of benzene rings is 1. The van der Waals surface area contributed by atoms with E-state index in [-0.39, 0.29) is 0 Å². The Kier molecular flexibility index (Phi) is 2.83. The van der Waals surface area contributed by atoms with Crippen LogP contribution in [-0.4, -0.2) is 16.9 Å². The van der Waals surface area contributed by atoms with Crippen LogP contribution in [0.4, 0.5) is 0 Å². The molecule has 3 heteroatoms. The van der Waals surface area contributed by atoms with Gasteiger partial charge in [0, 0.05) is 0 Å². The predicted octanol–water partition coefficient (Wildman–Crippen LogP) is 2.49. The second kappa shape index (κ2) is 4.46. The van der Waals surface area contributed by atoms with Gasteiger partial charge in [0.2, 0.25) is 0 Å². The monoisotopic (exact) mass is 200 g/mol. The van der Waals surface area contributed by atoms with Gasteiger partial charge < -0.3 is 4.74 Å². The van der Waals surface area contributed by atoms with Gasteiger partial charge in [-0.05, 0) is 24.3 Å². The maximum absolute atomic E-state index is 4.88. The highest BCUT2D eigenvalue weighted by molar-refractivity contribution is 5.47. The Balaban J connectivity index is 2.37. The zero-order valence-electron chi connectivity index (χ0n) is 8.50. The third-order valence-electron chi connectivity index (χ3n) is 2.05. The molecule has 0 bridgehead atoms. The molecule has 2 aromatic rings. The third-order valence-corrected chi connectivity index (χ3v) is 2.05. The number of nitrogens with zero attached hydrogens (tertiary/aromatic N) is 2. The minimum absolute atomic E-state index is 0.989. The minimum atomic E-state index is 0.989. The fourth-order valence-electron chi connectivity index (χ4n) is 1.36. The number of para-hydroxylation sites is 1. The zero-order chi connectivity index (χ0) is 10.5. The first-order valence-electron chi connectivity index (χ1n) is 4.70. The Hall–Kier alpha value is -2.03. The van der Waals surface area contributed by atoms with Gasteiger partial charge in [0.25, 0.3) is 0 Å². The van der Waals surface area contributed by atoms with E-state index in [1.54, 1.807) is 19.6 Å². The van der Waals surface area contributed by atoms with Gasteiger partial charge in [-0.25, -0.2) is 4.68 Å². The van der Waals surface area contributed by atoms with Gasteiger partial charge in [-0.2, -0.15) is 5.10 Å². The van der Waals surface area contributed by atoms with Crippen molar-refractivity contribution in [2.75, 3.05) is 7.11 Å². The fraction of sp³-hybridized carbons (Fsp3) is 0.0833. The van der Waals surface area contributed by atoms with Crippen LogP contribution in [0.15, 0.2) is 48.9 Å². The van der Waals surface area contributed by atoms with E-state index in [1.165, 1.54) is 0 Å². The molecule has 1 aromatic carbocycles. The van der Waals surface area contributed by atoms with Crippen molar-refractivity contribution in [2.45, 2.75) is 0 Å². The Morgan fingerprint density at radius 3 is 2.73 bits per heavy atom. The first kappa shape index (κ1) is 9.52. The van der Waals surface area contributed by atoms with Crippen LogP contribution in [0.1, 0.15) is 5.69 Å². The van der Waals surface area contributed by atoms with E-state index >= 15 is 0 Å². The molecule has 1 aromatic heterocycles. The summed E-state index contributed by atoms with van der Waals surface area (Å²) in [5, 5.41) is 4.25. The van der Waals surface area contributed by atoms with Crippen LogP contribution in [0.2, 0.25) is 0 Å². The summed E-state index contributed by atoms with van der Waals surface area (Å²) in [4.78, 5) is 0. The highest BCUT2D eigenvalue weighted by atomic mass is 16.5. The molecule has 2 rings (SSSR count). The molecule has 0 radical (unpaired) electrons. The van der Waals surface area contributed by atoms with Crippen molar-refractivity contribution in [1.82, 2.24) is 9.78 Å². The molecular weight excluding hydrogens is 188 g/mol. The van der Waals surface area contributed by atoms with E-state index in [1.807, 2.05) is 47.2 Å². The van der Waals surface area contributed by atoms with Crippen LogP contribution < -0.4 is 0 Å². The van der Waals surface area contributed by atoms with Gasteiger partial charge in [0.15, 0.2) is 0 Å². The van der Waals surface area contributed by atoms with Crippen molar-refractivity contribution in [3.05, 3.63) is 54.6 Å². The first-order chi connectivity index (χ1) is 7.42. The summed E-state index contributed by atoms with van der Waals surface area (Å²) in [5.41, 5.74) is 2.03. The van der Waals surface area contributed by atoms with Crippen LogP contribution in [0, 0.1) is 0 Å². The van der Waals surface area contributed by atoms with E-state index in [9.17, 15) is 0 Å². The summed E-state index contributed by atoms with van der Waals surface area (Å²) in [6.07, 6.45) is 5.28. The predicted molar refractivity (Wildman–Crippen MR) is 59.6 cm³/mol. The first-order valence-corrected chi connectivity index (χ1v) is 4.70. The molecule has 0 aliphatic rings. The Bertz CT molecular complexity index is 446. The average Bonchev–Trinajstić information content (AvgIpc) is 2.75. The van der Waals surface area contributed by atoms with Gasteiger partial charge >= 0.3 is 0 Å². The fourth-order valence-corrected chi connectivity index (χ4v) is 1.36.